The Hall–Kier alpha value is -3.27. The minimum absolute atomic E-state index is 0.0300. The molecule has 0 fully saturated rings. The van der Waals surface area contributed by atoms with Gasteiger partial charge in [-0.3, -0.25) is 4.79 Å². The summed E-state index contributed by atoms with van der Waals surface area (Å²) in [4.78, 5) is 12.3. The summed E-state index contributed by atoms with van der Waals surface area (Å²) in [6, 6.07) is 18.5. The maximum absolute atomic E-state index is 12.3. The zero-order valence-corrected chi connectivity index (χ0v) is 19.0. The number of anilines is 1. The molecule has 10 heteroatoms. The van der Waals surface area contributed by atoms with Crippen LogP contribution in [0.25, 0.3) is 0 Å². The van der Waals surface area contributed by atoms with E-state index >= 15 is 0 Å². The fourth-order valence-corrected chi connectivity index (χ4v) is 4.44. The van der Waals surface area contributed by atoms with Crippen LogP contribution in [0.2, 0.25) is 5.02 Å². The monoisotopic (exact) mass is 488 g/mol. The highest BCUT2D eigenvalue weighted by molar-refractivity contribution is 7.89. The number of hydrogen-bond donors (Lipinski definition) is 2. The third kappa shape index (κ3) is 6.16. The number of amides is 1. The highest BCUT2D eigenvalue weighted by Gasteiger charge is 2.15. The SMILES string of the molecule is O=C(CCNS(=O)(=O)c1cccc(Cl)c1)Nc1cccc(COc2ccc3c(c2)OCO3)c1. The van der Waals surface area contributed by atoms with Crippen LogP contribution in [0.1, 0.15) is 12.0 Å². The number of rotatable bonds is 9. The van der Waals surface area contributed by atoms with Crippen molar-refractivity contribution < 1.29 is 27.4 Å². The van der Waals surface area contributed by atoms with Crippen LogP contribution < -0.4 is 24.2 Å². The van der Waals surface area contributed by atoms with Gasteiger partial charge in [0.05, 0.1) is 4.90 Å². The summed E-state index contributed by atoms with van der Waals surface area (Å²) in [5.74, 6) is 1.64. The molecule has 2 N–H and O–H groups in total. The lowest BCUT2D eigenvalue weighted by molar-refractivity contribution is -0.116. The molecule has 0 atom stereocenters. The molecule has 3 aromatic carbocycles. The maximum Gasteiger partial charge on any atom is 0.240 e. The number of carbonyl (C=O) groups excluding carboxylic acids is 1. The first kappa shape index (κ1) is 22.9. The van der Waals surface area contributed by atoms with Crippen LogP contribution in [0.15, 0.2) is 71.6 Å². The van der Waals surface area contributed by atoms with Crippen LogP contribution in [-0.2, 0) is 21.4 Å². The molecule has 0 bridgehead atoms. The quantitative estimate of drug-likeness (QED) is 0.472. The summed E-state index contributed by atoms with van der Waals surface area (Å²) in [5, 5.41) is 3.08. The van der Waals surface area contributed by atoms with Gasteiger partial charge in [0.25, 0.3) is 0 Å². The second kappa shape index (κ2) is 10.1. The van der Waals surface area contributed by atoms with E-state index in [4.69, 9.17) is 25.8 Å². The molecule has 3 aromatic rings. The molecular weight excluding hydrogens is 468 g/mol. The van der Waals surface area contributed by atoms with Gasteiger partial charge in [0.2, 0.25) is 22.7 Å². The van der Waals surface area contributed by atoms with E-state index in [0.717, 1.165) is 5.56 Å². The molecule has 33 heavy (non-hydrogen) atoms. The molecule has 8 nitrogen and oxygen atoms in total. The normalized spacial score (nSPS) is 12.4. The second-order valence-corrected chi connectivity index (χ2v) is 9.36. The number of carbonyl (C=O) groups is 1. The molecule has 1 amide bonds. The van der Waals surface area contributed by atoms with E-state index in [1.54, 1.807) is 48.5 Å². The molecule has 0 aromatic heterocycles. The lowest BCUT2D eigenvalue weighted by Gasteiger charge is -2.10. The molecule has 0 saturated heterocycles. The minimum Gasteiger partial charge on any atom is -0.489 e. The van der Waals surface area contributed by atoms with Crippen LogP contribution in [0.4, 0.5) is 5.69 Å². The molecule has 172 valence electrons. The van der Waals surface area contributed by atoms with Gasteiger partial charge in [0, 0.05) is 29.7 Å². The summed E-state index contributed by atoms with van der Waals surface area (Å²) in [5.41, 5.74) is 1.44. The number of hydrogen-bond acceptors (Lipinski definition) is 6. The highest BCUT2D eigenvalue weighted by Crippen LogP contribution is 2.35. The van der Waals surface area contributed by atoms with Crippen molar-refractivity contribution in [2.24, 2.45) is 0 Å². The zero-order chi connectivity index (χ0) is 23.3. The molecule has 0 saturated carbocycles. The van der Waals surface area contributed by atoms with Crippen LogP contribution in [-0.4, -0.2) is 27.7 Å². The van der Waals surface area contributed by atoms with Crippen molar-refractivity contribution in [2.75, 3.05) is 18.7 Å². The predicted molar refractivity (Wildman–Crippen MR) is 123 cm³/mol. The second-order valence-electron chi connectivity index (χ2n) is 7.16. The molecule has 4 rings (SSSR count). The minimum atomic E-state index is -3.74. The van der Waals surface area contributed by atoms with Crippen molar-refractivity contribution in [3.63, 3.8) is 0 Å². The summed E-state index contributed by atoms with van der Waals surface area (Å²) in [7, 11) is -3.74. The van der Waals surface area contributed by atoms with Crippen molar-refractivity contribution in [1.29, 1.82) is 0 Å². The van der Waals surface area contributed by atoms with Gasteiger partial charge in [0.1, 0.15) is 12.4 Å². The first-order valence-electron chi connectivity index (χ1n) is 10.1. The summed E-state index contributed by atoms with van der Waals surface area (Å²) in [6.45, 7) is 0.443. The molecule has 1 heterocycles. The van der Waals surface area contributed by atoms with E-state index in [0.29, 0.717) is 34.6 Å². The summed E-state index contributed by atoms with van der Waals surface area (Å²) >= 11 is 5.84. The molecule has 0 aliphatic carbocycles. The fraction of sp³-hybridized carbons (Fsp3) is 0.174. The Morgan fingerprint density at radius 1 is 1.00 bits per heavy atom. The van der Waals surface area contributed by atoms with Crippen molar-refractivity contribution >= 4 is 33.2 Å². The van der Waals surface area contributed by atoms with Crippen molar-refractivity contribution in [3.05, 3.63) is 77.3 Å². The van der Waals surface area contributed by atoms with E-state index < -0.39 is 10.0 Å². The lowest BCUT2D eigenvalue weighted by atomic mass is 10.2. The standard InChI is InChI=1S/C23H21ClN2O6S/c24-17-4-2-6-20(12-17)33(28,29)25-10-9-23(27)26-18-5-1-3-16(11-18)14-30-19-7-8-21-22(13-19)32-15-31-21/h1-8,11-13,25H,9-10,14-15H2,(H,26,27). The van der Waals surface area contributed by atoms with Crippen LogP contribution in [0.5, 0.6) is 17.2 Å². The van der Waals surface area contributed by atoms with Crippen LogP contribution >= 0.6 is 11.6 Å². The zero-order valence-electron chi connectivity index (χ0n) is 17.4. The van der Waals surface area contributed by atoms with Crippen LogP contribution in [0, 0.1) is 0 Å². The number of benzene rings is 3. The highest BCUT2D eigenvalue weighted by atomic mass is 35.5. The van der Waals surface area contributed by atoms with Gasteiger partial charge in [0.15, 0.2) is 11.5 Å². The van der Waals surface area contributed by atoms with Crippen molar-refractivity contribution in [2.45, 2.75) is 17.9 Å². The Morgan fingerprint density at radius 3 is 2.67 bits per heavy atom. The molecule has 1 aliphatic heterocycles. The lowest BCUT2D eigenvalue weighted by Crippen LogP contribution is -2.27. The van der Waals surface area contributed by atoms with Gasteiger partial charge in [-0.1, -0.05) is 29.8 Å². The molecule has 0 radical (unpaired) electrons. The first-order chi connectivity index (χ1) is 15.9. The number of sulfonamides is 1. The van der Waals surface area contributed by atoms with Crippen molar-refractivity contribution in [1.82, 2.24) is 4.72 Å². The Labute approximate surface area is 196 Å². The number of fused-ring (bicyclic) bond motifs is 1. The van der Waals surface area contributed by atoms with E-state index in [9.17, 15) is 13.2 Å². The molecule has 0 unspecified atom stereocenters. The summed E-state index contributed by atoms with van der Waals surface area (Å²) in [6.07, 6.45) is -0.0300. The first-order valence-corrected chi connectivity index (χ1v) is 11.9. The largest absolute Gasteiger partial charge is 0.489 e. The van der Waals surface area contributed by atoms with E-state index in [-0.39, 0.29) is 30.6 Å². The topological polar surface area (TPSA) is 103 Å². The predicted octanol–water partition coefficient (Wildman–Crippen LogP) is 3.95. The van der Waals surface area contributed by atoms with Gasteiger partial charge in [-0.05, 0) is 48.0 Å². The molecular formula is C23H21ClN2O6S. The van der Waals surface area contributed by atoms with Gasteiger partial charge in [-0.2, -0.15) is 0 Å². The number of nitrogens with one attached hydrogen (secondary N) is 2. The van der Waals surface area contributed by atoms with Gasteiger partial charge >= 0.3 is 0 Å². The van der Waals surface area contributed by atoms with Gasteiger partial charge < -0.3 is 19.5 Å². The number of ether oxygens (including phenoxy) is 3. The Kier molecular flexibility index (Phi) is 7.02. The van der Waals surface area contributed by atoms with Gasteiger partial charge in [-0.15, -0.1) is 0 Å². The Morgan fingerprint density at radius 2 is 1.82 bits per heavy atom. The van der Waals surface area contributed by atoms with Crippen LogP contribution in [0.3, 0.4) is 0 Å². The van der Waals surface area contributed by atoms with Gasteiger partial charge in [-0.25, -0.2) is 13.1 Å². The average Bonchev–Trinajstić information content (AvgIpc) is 3.26. The van der Waals surface area contributed by atoms with E-state index in [1.165, 1.54) is 12.1 Å². The average molecular weight is 489 g/mol. The third-order valence-electron chi connectivity index (χ3n) is 4.71. The molecule has 0 spiro atoms. The third-order valence-corrected chi connectivity index (χ3v) is 6.40. The number of halogens is 1. The Bertz CT molecular complexity index is 1270. The fourth-order valence-electron chi connectivity index (χ4n) is 3.11. The van der Waals surface area contributed by atoms with E-state index in [2.05, 4.69) is 10.0 Å². The van der Waals surface area contributed by atoms with E-state index in [1.807, 2.05) is 6.07 Å². The maximum atomic E-state index is 12.3. The Balaban J connectivity index is 1.27. The smallest absolute Gasteiger partial charge is 0.240 e. The summed E-state index contributed by atoms with van der Waals surface area (Å²) < 4.78 is 43.4. The molecule has 1 aliphatic rings. The van der Waals surface area contributed by atoms with Crippen molar-refractivity contribution in [3.8, 4) is 17.2 Å².